The summed E-state index contributed by atoms with van der Waals surface area (Å²) in [7, 11) is -3.37. The van der Waals surface area contributed by atoms with Gasteiger partial charge in [-0.05, 0) is 134 Å². The Hall–Kier alpha value is -11.8. The third-order valence-electron chi connectivity index (χ3n) is 18.4. The topological polar surface area (TPSA) is 307 Å². The number of carbonyl (C=O) groups excluding carboxylic acids is 3. The number of nitrogens with one attached hydrogen (secondary N) is 5. The van der Waals surface area contributed by atoms with Gasteiger partial charge < -0.3 is 44.2 Å². The van der Waals surface area contributed by atoms with Gasteiger partial charge >= 0.3 is 0 Å². The Labute approximate surface area is 601 Å². The number of anilines is 11. The summed E-state index contributed by atoms with van der Waals surface area (Å²) in [6.07, 6.45) is 13.3. The lowest BCUT2D eigenvalue weighted by molar-refractivity contribution is -0.119. The summed E-state index contributed by atoms with van der Waals surface area (Å²) in [5, 5.41) is 12.5. The molecule has 3 amide bonds. The van der Waals surface area contributed by atoms with Gasteiger partial charge in [-0.15, -0.1) is 0 Å². The lowest BCUT2D eigenvalue weighted by atomic mass is 10.0. The fourth-order valence-corrected chi connectivity index (χ4v) is 14.4. The van der Waals surface area contributed by atoms with Crippen LogP contribution in [0.25, 0.3) is 33.1 Å². The van der Waals surface area contributed by atoms with Crippen molar-refractivity contribution in [2.75, 3.05) is 92.9 Å². The Morgan fingerprint density at radius 1 is 0.558 bits per heavy atom. The van der Waals surface area contributed by atoms with Crippen LogP contribution in [0.3, 0.4) is 0 Å². The van der Waals surface area contributed by atoms with E-state index in [0.717, 1.165) is 79.5 Å². The van der Waals surface area contributed by atoms with Crippen LogP contribution in [0.1, 0.15) is 65.3 Å². The van der Waals surface area contributed by atoms with Crippen molar-refractivity contribution in [2.24, 2.45) is 0 Å². The van der Waals surface area contributed by atoms with Gasteiger partial charge in [0.1, 0.15) is 29.4 Å². The molecule has 0 saturated heterocycles. The number of pyridine rings is 1. The molecule has 0 spiro atoms. The number of aromatic nitrogens is 10. The average Bonchev–Trinajstić information content (AvgIpc) is 1.60. The summed E-state index contributed by atoms with van der Waals surface area (Å²) < 4.78 is 67.0. The first kappa shape index (κ1) is 69.3. The molecule has 2 aliphatic rings. The number of aryl methyl sites for hydroxylation is 3. The summed E-state index contributed by atoms with van der Waals surface area (Å²) in [5.41, 5.74) is 12.7. The monoisotopic (exact) mass is 1440 g/mol. The van der Waals surface area contributed by atoms with Gasteiger partial charge in [0.25, 0.3) is 0 Å². The number of nitrogens with zero attached hydrogens (tertiary/aromatic N) is 14. The molecule has 0 bridgehead atoms. The Morgan fingerprint density at radius 2 is 1.09 bits per heavy atom. The number of hydrogen-bond donors (Lipinski definition) is 5. The van der Waals surface area contributed by atoms with Crippen molar-refractivity contribution in [1.29, 1.82) is 0 Å². The van der Waals surface area contributed by atoms with E-state index in [1.165, 1.54) is 0 Å². The number of benzene rings is 5. The van der Waals surface area contributed by atoms with E-state index in [0.29, 0.717) is 121 Å². The molecule has 9 heterocycles. The van der Waals surface area contributed by atoms with Crippen LogP contribution >= 0.6 is 0 Å². The van der Waals surface area contributed by atoms with Gasteiger partial charge in [0.05, 0.1) is 61.1 Å². The van der Waals surface area contributed by atoms with Crippen molar-refractivity contribution in [3.63, 3.8) is 0 Å². The first-order chi connectivity index (χ1) is 50.1. The van der Waals surface area contributed by atoms with Gasteiger partial charge in [-0.3, -0.25) is 33.6 Å². The van der Waals surface area contributed by atoms with Crippen molar-refractivity contribution in [2.45, 2.75) is 72.1 Å². The number of rotatable bonds is 27. The van der Waals surface area contributed by atoms with E-state index in [1.807, 2.05) is 173 Å². The smallest absolute Gasteiger partial charge is 0.232 e. The summed E-state index contributed by atoms with van der Waals surface area (Å²) in [6, 6.07) is 43.6. The summed E-state index contributed by atoms with van der Waals surface area (Å²) in [6.45, 7) is 6.46. The third-order valence-corrected chi connectivity index (χ3v) is 19.5. The van der Waals surface area contributed by atoms with Gasteiger partial charge in [0, 0.05) is 122 Å². The maximum atomic E-state index is 14.0. The number of carbonyl (C=O) groups is 3. The molecule has 0 unspecified atom stereocenters. The van der Waals surface area contributed by atoms with E-state index >= 15 is 0 Å². The standard InChI is InChI=1S/C75H77N19O8S2/c1-7-65(95)89(4)68-54(15-12-33-76-68)46-92-35-31-58-62(81-74(83-70(58)92)78-55-22-18-48(2)19-23-55)47-88(3)37-38-93-63-26-25-57(42-49(63)20-28-66(93)96)80-75-84-71-59(32-36-91(71)45-53-14-9-11-17-61(53)87-104(6,100)101)72(85-75)102-40-39-94-64-27-24-56(41-50(64)21-29-67(94)97)79-73-77-43-51-30-34-90(69(51)82-73)44-52-13-8-10-16-60(52)86-103(5,98)99/h8-19,22-27,30-36,41-43,86-87H,7,20-21,28-29,37-40,44-47H2,1-6H3,(H,77,79,82)(H,78,81,83)(H,80,84,85). The molecule has 5 N–H and O–H groups in total. The minimum atomic E-state index is -3.61. The van der Waals surface area contributed by atoms with E-state index in [4.69, 9.17) is 29.7 Å². The molecule has 0 atom stereocenters. The lowest BCUT2D eigenvalue weighted by Gasteiger charge is -2.31. The zero-order valence-electron chi connectivity index (χ0n) is 58.2. The molecule has 0 radical (unpaired) electrons. The Balaban J connectivity index is 0.685. The highest BCUT2D eigenvalue weighted by Crippen LogP contribution is 2.36. The van der Waals surface area contributed by atoms with Gasteiger partial charge in [-0.2, -0.15) is 19.9 Å². The molecule has 14 rings (SSSR count). The van der Waals surface area contributed by atoms with Crippen molar-refractivity contribution in [1.82, 2.24) is 53.5 Å². The zero-order valence-corrected chi connectivity index (χ0v) is 59.8. The molecule has 0 saturated carbocycles. The van der Waals surface area contributed by atoms with Crippen LogP contribution in [0.5, 0.6) is 5.88 Å². The second-order valence-corrected chi connectivity index (χ2v) is 29.6. The quantitative estimate of drug-likeness (QED) is 0.0319. The Bertz CT molecular complexity index is 5530. The number of ether oxygens (including phenoxy) is 1. The number of amides is 3. The average molecular weight is 1440 g/mol. The Morgan fingerprint density at radius 3 is 1.72 bits per heavy atom. The largest absolute Gasteiger partial charge is 0.475 e. The normalized spacial score (nSPS) is 13.2. The minimum Gasteiger partial charge on any atom is -0.475 e. The number of likely N-dealkylation sites (N-methyl/N-ethyl adjacent to an activating group) is 1. The number of fused-ring (bicyclic) bond motifs is 5. The first-order valence-electron chi connectivity index (χ1n) is 34.0. The van der Waals surface area contributed by atoms with Crippen molar-refractivity contribution in [3.8, 4) is 5.88 Å². The lowest BCUT2D eigenvalue weighted by Crippen LogP contribution is -2.40. The van der Waals surface area contributed by atoms with E-state index in [-0.39, 0.29) is 55.7 Å². The molecule has 7 aromatic heterocycles. The van der Waals surface area contributed by atoms with Crippen molar-refractivity contribution >= 4 is 134 Å². The Kier molecular flexibility index (Phi) is 19.5. The molecule has 27 nitrogen and oxygen atoms in total. The number of sulfonamides is 2. The van der Waals surface area contributed by atoms with Gasteiger partial charge in [-0.1, -0.05) is 67.1 Å². The highest BCUT2D eigenvalue weighted by Gasteiger charge is 2.28. The third kappa shape index (κ3) is 15.6. The van der Waals surface area contributed by atoms with E-state index < -0.39 is 20.0 Å². The highest BCUT2D eigenvalue weighted by molar-refractivity contribution is 7.92. The fourth-order valence-electron chi connectivity index (χ4n) is 13.2. The highest BCUT2D eigenvalue weighted by atomic mass is 32.2. The molecular weight excluding hydrogens is 1360 g/mol. The van der Waals surface area contributed by atoms with Crippen LogP contribution in [0, 0.1) is 6.92 Å². The van der Waals surface area contributed by atoms with Crippen LogP contribution in [-0.4, -0.2) is 141 Å². The molecule has 104 heavy (non-hydrogen) atoms. The maximum absolute atomic E-state index is 14.0. The van der Waals surface area contributed by atoms with Gasteiger partial charge in [0.2, 0.25) is 61.5 Å². The van der Waals surface area contributed by atoms with Crippen LogP contribution in [-0.2, 0) is 73.5 Å². The van der Waals surface area contributed by atoms with Crippen LogP contribution in [0.15, 0.2) is 171 Å². The number of hydrogen-bond acceptors (Lipinski definition) is 19. The summed E-state index contributed by atoms with van der Waals surface area (Å²) >= 11 is 0. The molecular formula is C75H77N19O8S2. The second kappa shape index (κ2) is 29.3. The second-order valence-electron chi connectivity index (χ2n) is 26.1. The van der Waals surface area contributed by atoms with Crippen LogP contribution in [0.2, 0.25) is 0 Å². The fraction of sp³-hybridized carbons (Fsp3) is 0.253. The number of para-hydroxylation sites is 2. The first-order valence-corrected chi connectivity index (χ1v) is 37.8. The molecule has 12 aromatic rings. The minimum absolute atomic E-state index is 0.0107. The molecule has 0 fully saturated rings. The summed E-state index contributed by atoms with van der Waals surface area (Å²) in [5.74, 6) is 1.74. The maximum Gasteiger partial charge on any atom is 0.232 e. The molecule has 5 aromatic carbocycles. The summed E-state index contributed by atoms with van der Waals surface area (Å²) in [4.78, 5) is 82.1. The van der Waals surface area contributed by atoms with Crippen LogP contribution < -0.4 is 44.8 Å². The van der Waals surface area contributed by atoms with E-state index in [9.17, 15) is 31.2 Å². The predicted molar refractivity (Wildman–Crippen MR) is 405 cm³/mol. The van der Waals surface area contributed by atoms with Gasteiger partial charge in [0.15, 0.2) is 0 Å². The van der Waals surface area contributed by atoms with E-state index in [1.54, 1.807) is 53.5 Å². The van der Waals surface area contributed by atoms with Crippen LogP contribution in [0.4, 0.5) is 63.5 Å². The van der Waals surface area contributed by atoms with Crippen molar-refractivity contribution in [3.05, 3.63) is 210 Å². The SMILES string of the molecule is CCC(=O)N(C)c1ncccc1Cn1ccc2c(CN(C)CCN3C(=O)CCc4cc(Nc5nc(OCCN6C(=O)CCc7cc(Nc8ncc9ccn(Cc%10ccccc%10NS(C)(=O)=O)c9n8)ccc76)c6ccn(Cc7ccccc7NS(C)(=O)=O)c6n5)ccc43)nc(Nc3ccc(C)cc3)nc21. The zero-order chi connectivity index (χ0) is 72.4. The van der Waals surface area contributed by atoms with E-state index in [2.05, 4.69) is 40.3 Å². The molecule has 0 aliphatic carbocycles. The molecule has 532 valence electrons. The van der Waals surface area contributed by atoms with Gasteiger partial charge in [-0.25, -0.2) is 31.8 Å². The molecule has 2 aliphatic heterocycles. The molecule has 29 heteroatoms. The predicted octanol–water partition coefficient (Wildman–Crippen LogP) is 10.9. The van der Waals surface area contributed by atoms with Crippen molar-refractivity contribution < 1.29 is 36.0 Å².